The van der Waals surface area contributed by atoms with Crippen molar-refractivity contribution in [1.29, 1.82) is 0 Å². The van der Waals surface area contributed by atoms with Gasteiger partial charge in [0.1, 0.15) is 0 Å². The summed E-state index contributed by atoms with van der Waals surface area (Å²) in [6, 6.07) is 16.4. The minimum Gasteiger partial charge on any atom is -0.326 e. The Bertz CT molecular complexity index is 1440. The average Bonchev–Trinajstić information content (AvgIpc) is 2.75. The van der Waals surface area contributed by atoms with Crippen molar-refractivity contribution >= 4 is 77.8 Å². The monoisotopic (exact) mass is 589 g/mol. The lowest BCUT2D eigenvalue weighted by atomic mass is 10.2. The van der Waals surface area contributed by atoms with E-state index in [9.17, 15) is 21.6 Å². The number of carbonyl (C=O) groups excluding carboxylic acids is 1. The summed E-state index contributed by atoms with van der Waals surface area (Å²) in [6.45, 7) is 0.0863. The highest BCUT2D eigenvalue weighted by Gasteiger charge is 2.18. The number of halogens is 3. The SMILES string of the molecule is CS(=O)(=O)N(CCCC(=O)Nc1ccc(S(=O)(=O)Nc2cc(Cl)cc(Cl)c2)cc1)c1cccc(Cl)c1. The van der Waals surface area contributed by atoms with Crippen LogP contribution < -0.4 is 14.3 Å². The molecule has 0 unspecified atom stereocenters. The van der Waals surface area contributed by atoms with Crippen LogP contribution in [0.2, 0.25) is 15.1 Å². The first-order valence-corrected chi connectivity index (χ1v) is 14.9. The number of anilines is 3. The van der Waals surface area contributed by atoms with Crippen LogP contribution in [0.25, 0.3) is 0 Å². The van der Waals surface area contributed by atoms with Gasteiger partial charge in [-0.15, -0.1) is 0 Å². The van der Waals surface area contributed by atoms with Crippen LogP contribution in [0.15, 0.2) is 71.6 Å². The quantitative estimate of drug-likeness (QED) is 0.318. The molecule has 0 spiro atoms. The van der Waals surface area contributed by atoms with E-state index in [0.717, 1.165) is 6.26 Å². The molecule has 36 heavy (non-hydrogen) atoms. The molecule has 0 aliphatic carbocycles. The van der Waals surface area contributed by atoms with Crippen molar-refractivity contribution in [2.24, 2.45) is 0 Å². The smallest absolute Gasteiger partial charge is 0.261 e. The summed E-state index contributed by atoms with van der Waals surface area (Å²) in [5, 5.41) is 3.63. The third-order valence-electron chi connectivity index (χ3n) is 4.82. The van der Waals surface area contributed by atoms with Crippen LogP contribution in [0, 0.1) is 0 Å². The van der Waals surface area contributed by atoms with Crippen molar-refractivity contribution in [2.75, 3.05) is 27.1 Å². The number of hydrogen-bond donors (Lipinski definition) is 2. The highest BCUT2D eigenvalue weighted by Crippen LogP contribution is 2.25. The van der Waals surface area contributed by atoms with Gasteiger partial charge >= 0.3 is 0 Å². The lowest BCUT2D eigenvalue weighted by molar-refractivity contribution is -0.116. The molecule has 3 rings (SSSR count). The van der Waals surface area contributed by atoms with E-state index in [4.69, 9.17) is 34.8 Å². The van der Waals surface area contributed by atoms with Gasteiger partial charge in [-0.1, -0.05) is 40.9 Å². The van der Waals surface area contributed by atoms with Crippen LogP contribution in [0.4, 0.5) is 17.1 Å². The molecule has 0 radical (unpaired) electrons. The van der Waals surface area contributed by atoms with Crippen molar-refractivity contribution < 1.29 is 21.6 Å². The summed E-state index contributed by atoms with van der Waals surface area (Å²) < 4.78 is 53.2. The predicted molar refractivity (Wildman–Crippen MR) is 145 cm³/mol. The number of nitrogens with zero attached hydrogens (tertiary/aromatic N) is 1. The van der Waals surface area contributed by atoms with Crippen molar-refractivity contribution in [2.45, 2.75) is 17.7 Å². The highest BCUT2D eigenvalue weighted by atomic mass is 35.5. The summed E-state index contributed by atoms with van der Waals surface area (Å²) in [7, 11) is -7.48. The van der Waals surface area contributed by atoms with Crippen LogP contribution in [0.3, 0.4) is 0 Å². The summed E-state index contributed by atoms with van der Waals surface area (Å²) in [4.78, 5) is 12.3. The van der Waals surface area contributed by atoms with E-state index in [-0.39, 0.29) is 45.9 Å². The fourth-order valence-corrected chi connectivity index (χ4v) is 5.98. The number of rotatable bonds is 10. The minimum absolute atomic E-state index is 0.0260. The van der Waals surface area contributed by atoms with Gasteiger partial charge in [-0.2, -0.15) is 0 Å². The van der Waals surface area contributed by atoms with E-state index in [1.54, 1.807) is 18.2 Å². The molecule has 0 saturated heterocycles. The molecule has 0 aromatic heterocycles. The Morgan fingerprint density at radius 3 is 2.06 bits per heavy atom. The van der Waals surface area contributed by atoms with Gasteiger partial charge in [0, 0.05) is 33.7 Å². The lowest BCUT2D eigenvalue weighted by Gasteiger charge is -2.22. The van der Waals surface area contributed by atoms with Crippen LogP contribution >= 0.6 is 34.8 Å². The second-order valence-corrected chi connectivity index (χ2v) is 12.7. The van der Waals surface area contributed by atoms with Crippen LogP contribution in [-0.4, -0.2) is 35.5 Å². The molecule has 3 aromatic rings. The molecule has 8 nitrogen and oxygen atoms in total. The second-order valence-electron chi connectivity index (χ2n) is 7.75. The standard InChI is InChI=1S/C23H22Cl3N3O5S2/c1-35(31,32)29(21-5-2-4-16(24)15-21)11-3-6-23(30)27-19-7-9-22(10-8-19)36(33,34)28-20-13-17(25)12-18(26)14-20/h2,4-5,7-10,12-15,28H,3,6,11H2,1H3,(H,27,30). The van der Waals surface area contributed by atoms with E-state index in [1.807, 2.05) is 0 Å². The highest BCUT2D eigenvalue weighted by molar-refractivity contribution is 7.92. The maximum absolute atomic E-state index is 12.6. The number of amides is 1. The van der Waals surface area contributed by atoms with Gasteiger partial charge in [-0.3, -0.25) is 13.8 Å². The van der Waals surface area contributed by atoms with Crippen molar-refractivity contribution in [3.8, 4) is 0 Å². The summed E-state index contributed by atoms with van der Waals surface area (Å²) in [5.74, 6) is -0.350. The van der Waals surface area contributed by atoms with Crippen molar-refractivity contribution in [3.63, 3.8) is 0 Å². The number of sulfonamides is 2. The molecule has 13 heteroatoms. The summed E-state index contributed by atoms with van der Waals surface area (Å²) in [6.07, 6.45) is 1.38. The molecular weight excluding hydrogens is 569 g/mol. The first-order chi connectivity index (χ1) is 16.8. The predicted octanol–water partition coefficient (Wildman–Crippen LogP) is 5.63. The molecular formula is C23H22Cl3N3O5S2. The number of hydrogen-bond acceptors (Lipinski definition) is 5. The molecule has 192 valence electrons. The summed E-state index contributed by atoms with van der Waals surface area (Å²) in [5.41, 5.74) is 1.02. The Labute approximate surface area is 225 Å². The molecule has 0 bridgehead atoms. The largest absolute Gasteiger partial charge is 0.326 e. The van der Waals surface area contributed by atoms with E-state index in [1.165, 1.54) is 52.8 Å². The maximum Gasteiger partial charge on any atom is 0.261 e. The molecule has 3 aromatic carbocycles. The van der Waals surface area contributed by atoms with Gasteiger partial charge < -0.3 is 5.32 Å². The summed E-state index contributed by atoms with van der Waals surface area (Å²) >= 11 is 17.8. The molecule has 0 fully saturated rings. The number of carbonyl (C=O) groups is 1. The van der Waals surface area contributed by atoms with Gasteiger partial charge in [-0.05, 0) is 67.1 Å². The Kier molecular flexibility index (Phi) is 9.13. The van der Waals surface area contributed by atoms with E-state index in [0.29, 0.717) is 16.4 Å². The first kappa shape index (κ1) is 28.1. The van der Waals surface area contributed by atoms with Crippen molar-refractivity contribution in [1.82, 2.24) is 0 Å². The van der Waals surface area contributed by atoms with E-state index >= 15 is 0 Å². The van der Waals surface area contributed by atoms with E-state index in [2.05, 4.69) is 10.0 Å². The van der Waals surface area contributed by atoms with Crippen LogP contribution in [0.5, 0.6) is 0 Å². The molecule has 0 atom stereocenters. The lowest BCUT2D eigenvalue weighted by Crippen LogP contribution is -2.31. The molecule has 0 aliphatic heterocycles. The van der Waals surface area contributed by atoms with Gasteiger partial charge in [0.15, 0.2) is 0 Å². The maximum atomic E-state index is 12.6. The molecule has 0 aliphatic rings. The van der Waals surface area contributed by atoms with Crippen LogP contribution in [-0.2, 0) is 24.8 Å². The number of nitrogens with one attached hydrogen (secondary N) is 2. The fourth-order valence-electron chi connectivity index (χ4n) is 3.27. The topological polar surface area (TPSA) is 113 Å². The van der Waals surface area contributed by atoms with Gasteiger partial charge in [0.2, 0.25) is 15.9 Å². The third-order valence-corrected chi connectivity index (χ3v) is 8.09. The number of benzene rings is 3. The Morgan fingerprint density at radius 1 is 0.833 bits per heavy atom. The van der Waals surface area contributed by atoms with Gasteiger partial charge in [0.05, 0.1) is 22.5 Å². The zero-order valence-corrected chi connectivity index (χ0v) is 22.8. The molecule has 0 heterocycles. The normalized spacial score (nSPS) is 11.7. The zero-order valence-electron chi connectivity index (χ0n) is 18.9. The zero-order chi connectivity index (χ0) is 26.5. The Hall–Kier alpha value is -2.50. The third kappa shape index (κ3) is 8.01. The van der Waals surface area contributed by atoms with E-state index < -0.39 is 20.0 Å². The van der Waals surface area contributed by atoms with Gasteiger partial charge in [-0.25, -0.2) is 16.8 Å². The molecule has 0 saturated carbocycles. The minimum atomic E-state index is -3.91. The second kappa shape index (κ2) is 11.7. The Balaban J connectivity index is 1.58. The Morgan fingerprint density at radius 2 is 1.47 bits per heavy atom. The average molecular weight is 591 g/mol. The first-order valence-electron chi connectivity index (χ1n) is 10.5. The van der Waals surface area contributed by atoms with Gasteiger partial charge in [0.25, 0.3) is 10.0 Å². The van der Waals surface area contributed by atoms with Crippen molar-refractivity contribution in [3.05, 3.63) is 81.8 Å². The van der Waals surface area contributed by atoms with Crippen LogP contribution in [0.1, 0.15) is 12.8 Å². The molecule has 2 N–H and O–H groups in total. The fraction of sp³-hybridized carbons (Fsp3) is 0.174. The molecule has 1 amide bonds.